The molecule has 2 saturated carbocycles. The highest BCUT2D eigenvalue weighted by atomic mass is 19.4. The second-order valence-corrected chi connectivity index (χ2v) is 21.0. The Morgan fingerprint density at radius 3 is 1.72 bits per heavy atom. The van der Waals surface area contributed by atoms with E-state index in [0.29, 0.717) is 12.1 Å². The average Bonchev–Trinajstić information content (AvgIpc) is 3.63. The zero-order valence-corrected chi connectivity index (χ0v) is 40.3. The van der Waals surface area contributed by atoms with E-state index in [2.05, 4.69) is 48.9 Å². The maximum Gasteiger partial charge on any atom is 0.490 e. The Balaban J connectivity index is 0.000000900. The van der Waals surface area contributed by atoms with Crippen LogP contribution in [0.4, 0.5) is 29.3 Å². The number of anilines is 2. The number of imide groups is 1. The summed E-state index contributed by atoms with van der Waals surface area (Å²) >= 11 is 0. The smallest absolute Gasteiger partial charge is 0.481 e. The van der Waals surface area contributed by atoms with Crippen LogP contribution in [0.25, 0.3) is 11.1 Å². The van der Waals surface area contributed by atoms with Gasteiger partial charge in [-0.25, -0.2) is 9.59 Å². The number of rotatable bonds is 9. The molecule has 0 aromatic heterocycles. The van der Waals surface area contributed by atoms with Crippen LogP contribution in [0.1, 0.15) is 125 Å². The molecule has 9 rings (SSSR count). The van der Waals surface area contributed by atoms with Crippen molar-refractivity contribution in [2.75, 3.05) is 17.7 Å². The number of benzene rings is 4. The molecule has 7 atom stereocenters. The Hall–Kier alpha value is -6.71. The van der Waals surface area contributed by atoms with E-state index >= 15 is 0 Å². The van der Waals surface area contributed by atoms with Gasteiger partial charge in [-0.05, 0) is 143 Å². The Labute approximate surface area is 410 Å². The van der Waals surface area contributed by atoms with Gasteiger partial charge in [-0.3, -0.25) is 24.5 Å². The van der Waals surface area contributed by atoms with Gasteiger partial charge in [0.25, 0.3) is 0 Å². The second-order valence-electron chi connectivity index (χ2n) is 21.0. The third kappa shape index (κ3) is 9.49. The summed E-state index contributed by atoms with van der Waals surface area (Å²) in [5.74, 6) is -5.30. The third-order valence-corrected chi connectivity index (χ3v) is 16.8. The van der Waals surface area contributed by atoms with Crippen molar-refractivity contribution in [1.29, 1.82) is 0 Å². The zero-order valence-electron chi connectivity index (χ0n) is 40.3. The number of nitrogen functional groups attached to an aromatic ring is 1. The summed E-state index contributed by atoms with van der Waals surface area (Å²) in [6.07, 6.45) is 1.47. The van der Waals surface area contributed by atoms with E-state index in [-0.39, 0.29) is 41.6 Å². The van der Waals surface area contributed by atoms with Gasteiger partial charge in [0.15, 0.2) is 0 Å². The number of ether oxygens (including phenoxy) is 1. The number of carboxylic acids is 2. The maximum atomic E-state index is 14.7. The zero-order chi connectivity index (χ0) is 51.3. The van der Waals surface area contributed by atoms with Gasteiger partial charge in [0.2, 0.25) is 17.7 Å². The molecule has 0 saturated heterocycles. The summed E-state index contributed by atoms with van der Waals surface area (Å²) in [6, 6.07) is 26.4. The molecule has 0 unspecified atom stereocenters. The van der Waals surface area contributed by atoms with Crippen molar-refractivity contribution in [3.8, 4) is 11.1 Å². The number of hydrogen-bond donors (Lipinski definition) is 6. The lowest BCUT2D eigenvalue weighted by Crippen LogP contribution is -2.60. The fourth-order valence-electron chi connectivity index (χ4n) is 13.3. The van der Waals surface area contributed by atoms with E-state index in [4.69, 9.17) is 20.4 Å². The minimum atomic E-state index is -5.08. The summed E-state index contributed by atoms with van der Waals surface area (Å²) in [7, 11) is 0. The average molecular weight is 979 g/mol. The highest BCUT2D eigenvalue weighted by molar-refractivity contribution is 6.01. The van der Waals surface area contributed by atoms with Crippen LogP contribution in [0, 0.1) is 22.7 Å². The maximum absolute atomic E-state index is 14.7. The van der Waals surface area contributed by atoms with Crippen molar-refractivity contribution in [1.82, 2.24) is 10.6 Å². The minimum Gasteiger partial charge on any atom is -0.481 e. The molecule has 0 aliphatic heterocycles. The van der Waals surface area contributed by atoms with Gasteiger partial charge in [0, 0.05) is 17.3 Å². The number of halogens is 3. The number of aryl methyl sites for hydroxylation is 2. The van der Waals surface area contributed by atoms with Crippen molar-refractivity contribution in [3.05, 3.63) is 118 Å². The van der Waals surface area contributed by atoms with Crippen LogP contribution < -0.4 is 21.7 Å². The Morgan fingerprint density at radius 1 is 0.718 bits per heavy atom. The normalized spacial score (nSPS) is 26.4. The lowest BCUT2D eigenvalue weighted by atomic mass is 9.49. The topological polar surface area (TPSA) is 214 Å². The molecule has 0 spiro atoms. The van der Waals surface area contributed by atoms with Crippen LogP contribution in [0.15, 0.2) is 84.9 Å². The highest BCUT2D eigenvalue weighted by Gasteiger charge is 2.58. The molecule has 5 aliphatic carbocycles. The molecule has 71 heavy (non-hydrogen) atoms. The number of alkyl halides is 3. The van der Waals surface area contributed by atoms with Gasteiger partial charge in [-0.15, -0.1) is 0 Å². The molecule has 5 aliphatic rings. The van der Waals surface area contributed by atoms with E-state index in [1.165, 1.54) is 11.1 Å². The molecule has 0 bridgehead atoms. The lowest BCUT2D eigenvalue weighted by molar-refractivity contribution is -0.192. The number of hydrogen-bond acceptors (Lipinski definition) is 8. The van der Waals surface area contributed by atoms with Gasteiger partial charge < -0.3 is 31.3 Å². The first kappa shape index (κ1) is 50.7. The fourth-order valence-corrected chi connectivity index (χ4v) is 13.3. The van der Waals surface area contributed by atoms with Crippen molar-refractivity contribution in [2.45, 2.75) is 127 Å². The fraction of sp³-hybridized carbons (Fsp3) is 0.455. The van der Waals surface area contributed by atoms with Crippen LogP contribution in [-0.4, -0.2) is 64.8 Å². The molecule has 0 heterocycles. The molecule has 16 heteroatoms. The quantitative estimate of drug-likeness (QED) is 0.0690. The lowest BCUT2D eigenvalue weighted by Gasteiger charge is -2.56. The SMILES string of the molecule is C[C@]1(C(=O)NC(=O)[C@@]2(C)CCC[C@]3(C)c4cc(NC(=O)[C@H](CC(=O)O)NC(=O)OCC5c6ccccc6-c6ccccc65)ccc4CC[C@@H]23)CCC[C@]2(C)c3cc(N)ccc3CC[C@@H]12.O=C(O)C(F)(F)F. The summed E-state index contributed by atoms with van der Waals surface area (Å²) in [5, 5.41) is 25.3. The van der Waals surface area contributed by atoms with Gasteiger partial charge >= 0.3 is 24.2 Å². The molecule has 4 amide bonds. The monoisotopic (exact) mass is 978 g/mol. The number of carboxylic acid groups (broad SMARTS) is 2. The molecular formula is C55H61F3N4O9. The number of alkyl carbamates (subject to hydrolysis) is 1. The summed E-state index contributed by atoms with van der Waals surface area (Å²) < 4.78 is 37.4. The Kier molecular flexibility index (Phi) is 13.7. The summed E-state index contributed by atoms with van der Waals surface area (Å²) in [4.78, 5) is 77.2. The van der Waals surface area contributed by atoms with E-state index in [9.17, 15) is 42.3 Å². The van der Waals surface area contributed by atoms with Crippen LogP contribution in [0.2, 0.25) is 0 Å². The number of amides is 4. The van der Waals surface area contributed by atoms with Gasteiger partial charge in [0.05, 0.1) is 17.3 Å². The summed E-state index contributed by atoms with van der Waals surface area (Å²) in [6.45, 7) is 8.56. The van der Waals surface area contributed by atoms with Gasteiger partial charge in [0.1, 0.15) is 12.6 Å². The largest absolute Gasteiger partial charge is 0.490 e. The van der Waals surface area contributed by atoms with Crippen LogP contribution in [0.3, 0.4) is 0 Å². The number of fused-ring (bicyclic) bond motifs is 9. The Morgan fingerprint density at radius 2 is 1.21 bits per heavy atom. The summed E-state index contributed by atoms with van der Waals surface area (Å²) in [5.41, 5.74) is 14.2. The Bertz CT molecular complexity index is 2750. The first-order valence-electron chi connectivity index (χ1n) is 24.3. The highest BCUT2D eigenvalue weighted by Crippen LogP contribution is 2.60. The predicted octanol–water partition coefficient (Wildman–Crippen LogP) is 9.59. The molecule has 0 radical (unpaired) electrons. The molecule has 2 fully saturated rings. The number of nitrogens with one attached hydrogen (secondary N) is 3. The standard InChI is InChI=1S/C53H60N4O7.C2HF3O2/c1-50-23-9-25-52(3,43(50)21-17-31-15-19-33(54)27-40(31)50)47(61)57-48(62)53(4)26-10-24-51(2)41-28-34(20-16-32(41)18-22-44(51)53)55-46(60)42(29-45(58)59)56-49(63)64-30-39-37-13-7-5-11-35(37)36-12-6-8-14-38(36)39;3-2(4,5)1(6)7/h5-8,11-16,19-20,27-28,39,42-44H,9-10,17-18,21-26,29-30,54H2,1-4H3,(H,55,60)(H,56,63)(H,58,59)(H,57,61,62);(H,6,7)/t42-,43+,44+,50+,51+,52-,53-;/m0./s1. The van der Waals surface area contributed by atoms with Gasteiger partial charge in [-0.2, -0.15) is 13.2 Å². The van der Waals surface area contributed by atoms with Crippen molar-refractivity contribution < 1.29 is 56.9 Å². The number of carbonyl (C=O) groups is 6. The van der Waals surface area contributed by atoms with Crippen molar-refractivity contribution in [3.63, 3.8) is 0 Å². The molecule has 13 nitrogen and oxygen atoms in total. The van der Waals surface area contributed by atoms with Crippen LogP contribution in [0.5, 0.6) is 0 Å². The van der Waals surface area contributed by atoms with Crippen LogP contribution in [-0.2, 0) is 52.4 Å². The molecule has 7 N–H and O–H groups in total. The molecule has 376 valence electrons. The second kappa shape index (κ2) is 19.1. The predicted molar refractivity (Wildman–Crippen MR) is 259 cm³/mol. The number of carbonyl (C=O) groups excluding carboxylic acids is 4. The first-order valence-corrected chi connectivity index (χ1v) is 24.3. The minimum absolute atomic E-state index is 0.0150. The van der Waals surface area contributed by atoms with E-state index < -0.39 is 58.8 Å². The van der Waals surface area contributed by atoms with Crippen LogP contribution >= 0.6 is 0 Å². The van der Waals surface area contributed by atoms with E-state index in [0.717, 1.165) is 96.9 Å². The van der Waals surface area contributed by atoms with Gasteiger partial charge in [-0.1, -0.05) is 101 Å². The number of aliphatic carboxylic acids is 2. The van der Waals surface area contributed by atoms with Crippen molar-refractivity contribution >= 4 is 47.1 Å². The van der Waals surface area contributed by atoms with Crippen molar-refractivity contribution in [2.24, 2.45) is 22.7 Å². The molecule has 4 aromatic rings. The third-order valence-electron chi connectivity index (χ3n) is 16.8. The van der Waals surface area contributed by atoms with E-state index in [1.807, 2.05) is 73.7 Å². The molecular weight excluding hydrogens is 918 g/mol. The van der Waals surface area contributed by atoms with E-state index in [1.54, 1.807) is 6.07 Å². The molecule has 4 aromatic carbocycles. The number of nitrogens with two attached hydrogens (primary N) is 1. The first-order chi connectivity index (χ1) is 33.5.